The lowest BCUT2D eigenvalue weighted by Crippen LogP contribution is -1.96. The molecule has 5 heteroatoms. The highest BCUT2D eigenvalue weighted by atomic mass is 32.2. The van der Waals surface area contributed by atoms with Crippen LogP contribution in [0.1, 0.15) is 15.2 Å². The zero-order chi connectivity index (χ0) is 9.42. The average molecular weight is 215 g/mol. The number of aromatic carboxylic acids is 1. The molecule has 0 amide bonds. The molecule has 0 saturated carbocycles. The molecule has 0 atom stereocenters. The van der Waals surface area contributed by atoms with Crippen molar-refractivity contribution in [3.8, 4) is 0 Å². The Morgan fingerprint density at radius 2 is 2.46 bits per heavy atom. The molecule has 1 aromatic heterocycles. The van der Waals surface area contributed by atoms with E-state index in [2.05, 4.69) is 5.32 Å². The van der Waals surface area contributed by atoms with Gasteiger partial charge in [0.05, 0.1) is 9.90 Å². The van der Waals surface area contributed by atoms with Crippen LogP contribution in [0.3, 0.4) is 0 Å². The molecule has 13 heavy (non-hydrogen) atoms. The van der Waals surface area contributed by atoms with Gasteiger partial charge < -0.3 is 10.4 Å². The molecule has 0 radical (unpaired) electrons. The topological polar surface area (TPSA) is 49.3 Å². The number of fused-ring (bicyclic) bond motifs is 1. The zero-order valence-corrected chi connectivity index (χ0v) is 8.72. The minimum atomic E-state index is -0.801. The van der Waals surface area contributed by atoms with E-state index in [4.69, 9.17) is 5.11 Å². The maximum Gasteiger partial charge on any atom is 0.346 e. The van der Waals surface area contributed by atoms with E-state index in [9.17, 15) is 4.79 Å². The third-order valence-corrected chi connectivity index (χ3v) is 4.37. The molecule has 0 saturated heterocycles. The molecule has 0 unspecified atom stereocenters. The van der Waals surface area contributed by atoms with Crippen molar-refractivity contribution in [1.82, 2.24) is 0 Å². The Morgan fingerprint density at radius 3 is 3.08 bits per heavy atom. The molecular formula is C8H9NO2S2. The van der Waals surface area contributed by atoms with Crippen LogP contribution in [0.15, 0.2) is 4.21 Å². The fourth-order valence-corrected chi connectivity index (χ4v) is 3.37. The summed E-state index contributed by atoms with van der Waals surface area (Å²) in [6.45, 7) is 0.867. The fourth-order valence-electron chi connectivity index (χ4n) is 1.49. The van der Waals surface area contributed by atoms with E-state index in [1.165, 1.54) is 11.3 Å². The Bertz CT molecular complexity index is 359. The van der Waals surface area contributed by atoms with Gasteiger partial charge >= 0.3 is 5.97 Å². The number of anilines is 1. The Morgan fingerprint density at radius 1 is 1.69 bits per heavy atom. The number of hydrogen-bond acceptors (Lipinski definition) is 4. The van der Waals surface area contributed by atoms with Crippen molar-refractivity contribution in [2.45, 2.75) is 10.6 Å². The molecule has 0 aromatic carbocycles. The predicted octanol–water partition coefficient (Wildman–Crippen LogP) is 2.14. The number of thiophene rings is 1. The molecule has 0 fully saturated rings. The minimum Gasteiger partial charge on any atom is -0.477 e. The lowest BCUT2D eigenvalue weighted by molar-refractivity contribution is 0.0701. The first-order valence-corrected chi connectivity index (χ1v) is 5.95. The lowest BCUT2D eigenvalue weighted by atomic mass is 10.2. The second-order valence-electron chi connectivity index (χ2n) is 2.76. The monoisotopic (exact) mass is 215 g/mol. The molecule has 1 aliphatic rings. The number of nitrogens with one attached hydrogen (secondary N) is 1. The molecular weight excluding hydrogens is 206 g/mol. The lowest BCUT2D eigenvalue weighted by Gasteiger charge is -1.95. The fraction of sp³-hybridized carbons (Fsp3) is 0.375. The van der Waals surface area contributed by atoms with Gasteiger partial charge in [-0.1, -0.05) is 0 Å². The first-order valence-electron chi connectivity index (χ1n) is 3.91. The highest BCUT2D eigenvalue weighted by Crippen LogP contribution is 2.42. The van der Waals surface area contributed by atoms with Crippen LogP contribution in [-0.2, 0) is 6.42 Å². The van der Waals surface area contributed by atoms with E-state index in [1.54, 1.807) is 11.8 Å². The van der Waals surface area contributed by atoms with Crippen molar-refractivity contribution in [2.75, 3.05) is 18.1 Å². The Balaban J connectivity index is 2.54. The summed E-state index contributed by atoms with van der Waals surface area (Å²) in [7, 11) is 0. The van der Waals surface area contributed by atoms with E-state index >= 15 is 0 Å². The minimum absolute atomic E-state index is 0.504. The number of carboxylic acid groups (broad SMARTS) is 1. The van der Waals surface area contributed by atoms with E-state index in [-0.39, 0.29) is 0 Å². The van der Waals surface area contributed by atoms with E-state index in [0.717, 1.165) is 28.4 Å². The van der Waals surface area contributed by atoms with Crippen LogP contribution >= 0.6 is 23.1 Å². The summed E-state index contributed by atoms with van der Waals surface area (Å²) in [6, 6.07) is 0. The molecule has 1 aromatic rings. The Labute approximate surface area is 84.2 Å². The van der Waals surface area contributed by atoms with Crippen molar-refractivity contribution in [1.29, 1.82) is 0 Å². The number of carbonyl (C=O) groups is 1. The third-order valence-electron chi connectivity index (χ3n) is 2.03. The van der Waals surface area contributed by atoms with Crippen molar-refractivity contribution in [3.05, 3.63) is 10.4 Å². The number of carboxylic acids is 1. The highest BCUT2D eigenvalue weighted by Gasteiger charge is 2.25. The summed E-state index contributed by atoms with van der Waals surface area (Å²) < 4.78 is 1.09. The number of rotatable bonds is 2. The van der Waals surface area contributed by atoms with Gasteiger partial charge in [-0.2, -0.15) is 0 Å². The van der Waals surface area contributed by atoms with E-state index in [1.807, 2.05) is 6.26 Å². The maximum atomic E-state index is 10.9. The van der Waals surface area contributed by atoms with Crippen molar-refractivity contribution in [2.24, 2.45) is 0 Å². The third kappa shape index (κ3) is 1.32. The van der Waals surface area contributed by atoms with Crippen LogP contribution in [0, 0.1) is 0 Å². The van der Waals surface area contributed by atoms with Crippen LogP contribution in [0.5, 0.6) is 0 Å². The predicted molar refractivity (Wildman–Crippen MR) is 55.3 cm³/mol. The molecule has 0 spiro atoms. The van der Waals surface area contributed by atoms with Gasteiger partial charge in [-0.25, -0.2) is 4.79 Å². The molecule has 2 heterocycles. The van der Waals surface area contributed by atoms with Gasteiger partial charge in [-0.3, -0.25) is 0 Å². The molecule has 0 bridgehead atoms. The Hall–Kier alpha value is -0.680. The Kier molecular flexibility index (Phi) is 2.21. The second kappa shape index (κ2) is 3.23. The smallest absolute Gasteiger partial charge is 0.346 e. The van der Waals surface area contributed by atoms with Gasteiger partial charge in [-0.15, -0.1) is 23.1 Å². The second-order valence-corrected chi connectivity index (χ2v) is 4.85. The first-order chi connectivity index (χ1) is 6.24. The van der Waals surface area contributed by atoms with Crippen LogP contribution in [-0.4, -0.2) is 23.9 Å². The van der Waals surface area contributed by atoms with Gasteiger partial charge in [0.1, 0.15) is 4.88 Å². The number of thioether (sulfide) groups is 1. The van der Waals surface area contributed by atoms with Crippen LogP contribution in [0.2, 0.25) is 0 Å². The van der Waals surface area contributed by atoms with Gasteiger partial charge in [0.15, 0.2) is 0 Å². The molecule has 2 rings (SSSR count). The normalized spacial score (nSPS) is 13.9. The van der Waals surface area contributed by atoms with Crippen molar-refractivity contribution in [3.63, 3.8) is 0 Å². The largest absolute Gasteiger partial charge is 0.477 e. The zero-order valence-electron chi connectivity index (χ0n) is 7.09. The highest BCUT2D eigenvalue weighted by molar-refractivity contribution is 8.00. The summed E-state index contributed by atoms with van der Waals surface area (Å²) in [4.78, 5) is 11.4. The molecule has 1 aliphatic heterocycles. The van der Waals surface area contributed by atoms with Crippen LogP contribution in [0.4, 0.5) is 5.69 Å². The SMILES string of the molecule is CSc1sc(C(=O)O)c2c1NCC2. The number of hydrogen-bond donors (Lipinski definition) is 2. The summed E-state index contributed by atoms with van der Waals surface area (Å²) in [6.07, 6.45) is 2.81. The van der Waals surface area contributed by atoms with Crippen LogP contribution in [0.25, 0.3) is 0 Å². The van der Waals surface area contributed by atoms with Gasteiger partial charge in [0.2, 0.25) is 0 Å². The summed E-state index contributed by atoms with van der Waals surface area (Å²) >= 11 is 2.98. The first kappa shape index (κ1) is 8.90. The van der Waals surface area contributed by atoms with Crippen LogP contribution < -0.4 is 5.32 Å². The molecule has 3 nitrogen and oxygen atoms in total. The van der Waals surface area contributed by atoms with Gasteiger partial charge in [0, 0.05) is 12.1 Å². The van der Waals surface area contributed by atoms with Crippen molar-refractivity contribution >= 4 is 34.8 Å². The quantitative estimate of drug-likeness (QED) is 0.742. The maximum absolute atomic E-state index is 10.9. The molecule has 2 N–H and O–H groups in total. The van der Waals surface area contributed by atoms with Gasteiger partial charge in [0.25, 0.3) is 0 Å². The summed E-state index contributed by atoms with van der Waals surface area (Å²) in [5, 5.41) is 12.2. The average Bonchev–Trinajstić information content (AvgIpc) is 2.61. The summed E-state index contributed by atoms with van der Waals surface area (Å²) in [5.41, 5.74) is 2.04. The molecule has 0 aliphatic carbocycles. The van der Waals surface area contributed by atoms with E-state index < -0.39 is 5.97 Å². The molecule has 70 valence electrons. The van der Waals surface area contributed by atoms with E-state index in [0.29, 0.717) is 4.88 Å². The van der Waals surface area contributed by atoms with Gasteiger partial charge in [-0.05, 0) is 12.7 Å². The van der Waals surface area contributed by atoms with Crippen molar-refractivity contribution < 1.29 is 9.90 Å². The summed E-state index contributed by atoms with van der Waals surface area (Å²) in [5.74, 6) is -0.801. The standard InChI is InChI=1S/C8H9NO2S2/c1-12-8-5-4(2-3-9-5)6(13-8)7(10)11/h9H,2-3H2,1H3,(H,10,11).